The summed E-state index contributed by atoms with van der Waals surface area (Å²) in [6.45, 7) is 5.94. The maximum atomic E-state index is 15.2. The largest absolute Gasteiger partial charge is 0.507 e. The van der Waals surface area contributed by atoms with Gasteiger partial charge in [-0.15, -0.1) is 0 Å². The lowest BCUT2D eigenvalue weighted by molar-refractivity contribution is 0.435. The van der Waals surface area contributed by atoms with E-state index in [9.17, 15) is 9.50 Å². The van der Waals surface area contributed by atoms with Gasteiger partial charge in [-0.05, 0) is 44.5 Å². The second kappa shape index (κ2) is 4.34. The molecule has 2 aliphatic carbocycles. The first-order valence-corrected chi connectivity index (χ1v) is 7.61. The molecule has 0 saturated carbocycles. The van der Waals surface area contributed by atoms with Gasteiger partial charge in [0, 0.05) is 27.9 Å². The number of hydrogen-bond acceptors (Lipinski definition) is 2. The lowest BCUT2D eigenvalue weighted by atomic mass is 9.79. The van der Waals surface area contributed by atoms with Crippen LogP contribution in [0.3, 0.4) is 0 Å². The monoisotopic (exact) mass is 313 g/mol. The van der Waals surface area contributed by atoms with E-state index in [1.165, 1.54) is 18.2 Å². The molecule has 0 spiro atoms. The minimum absolute atomic E-state index is 0.0672. The Hall–Kier alpha value is -2.36. The highest BCUT2D eigenvalue weighted by Gasteiger charge is 2.40. The van der Waals surface area contributed by atoms with Crippen molar-refractivity contribution >= 4 is 11.3 Å². The zero-order chi connectivity index (χ0) is 16.5. The summed E-state index contributed by atoms with van der Waals surface area (Å²) in [6, 6.07) is 4.07. The van der Waals surface area contributed by atoms with Gasteiger partial charge in [0.1, 0.15) is 17.4 Å². The summed E-state index contributed by atoms with van der Waals surface area (Å²) in [5, 5.41) is 13.7. The Morgan fingerprint density at radius 2 is 1.91 bits per heavy atom. The highest BCUT2D eigenvalue weighted by molar-refractivity contribution is 6.02. The van der Waals surface area contributed by atoms with E-state index in [0.29, 0.717) is 22.3 Å². The summed E-state index contributed by atoms with van der Waals surface area (Å²) < 4.78 is 28.7. The normalized spacial score (nSPS) is 24.5. The fraction of sp³-hybridized carbons (Fsp3) is 0.263. The minimum Gasteiger partial charge on any atom is -0.507 e. The van der Waals surface area contributed by atoms with Gasteiger partial charge < -0.3 is 10.4 Å². The molecular weight excluding hydrogens is 296 g/mol. The summed E-state index contributed by atoms with van der Waals surface area (Å²) in [5.41, 5.74) is 3.07. The molecule has 1 unspecified atom stereocenters. The van der Waals surface area contributed by atoms with Gasteiger partial charge in [-0.25, -0.2) is 8.78 Å². The van der Waals surface area contributed by atoms with Crippen LogP contribution >= 0.6 is 0 Å². The quantitative estimate of drug-likeness (QED) is 0.684. The molecule has 1 atom stereocenters. The van der Waals surface area contributed by atoms with Crippen molar-refractivity contribution in [2.24, 2.45) is 5.92 Å². The van der Waals surface area contributed by atoms with Crippen molar-refractivity contribution in [3.05, 3.63) is 70.0 Å². The van der Waals surface area contributed by atoms with Gasteiger partial charge in [0.25, 0.3) is 0 Å². The van der Waals surface area contributed by atoms with Crippen molar-refractivity contribution in [3.8, 4) is 0 Å². The standard InChI is InChI=1S/C19H17F2NO/c1-9-8-19(2,3)22-14-7-13-16(17(21)15(9)14)11-5-4-10(20)6-12(11)18(13)23/h4-8,15,22-23H,1-3H3. The first-order valence-electron chi connectivity index (χ1n) is 7.61. The Labute approximate surface area is 133 Å². The maximum absolute atomic E-state index is 15.2. The summed E-state index contributed by atoms with van der Waals surface area (Å²) in [7, 11) is 0. The Balaban J connectivity index is 1.98. The molecule has 1 aromatic carbocycles. The van der Waals surface area contributed by atoms with Crippen LogP contribution in [0.1, 0.15) is 31.9 Å². The molecule has 1 heterocycles. The second-order valence-electron chi connectivity index (χ2n) is 6.94. The van der Waals surface area contributed by atoms with Crippen molar-refractivity contribution < 1.29 is 13.9 Å². The van der Waals surface area contributed by atoms with Gasteiger partial charge in [0.05, 0.1) is 5.92 Å². The van der Waals surface area contributed by atoms with E-state index in [2.05, 4.69) is 5.32 Å². The number of allylic oxidation sites excluding steroid dienone is 4. The van der Waals surface area contributed by atoms with Crippen LogP contribution in [0.2, 0.25) is 0 Å². The third kappa shape index (κ3) is 1.90. The fourth-order valence-corrected chi connectivity index (χ4v) is 3.87. The van der Waals surface area contributed by atoms with Crippen LogP contribution in [0.4, 0.5) is 8.78 Å². The zero-order valence-electron chi connectivity index (χ0n) is 13.2. The highest BCUT2D eigenvalue weighted by atomic mass is 19.1. The van der Waals surface area contributed by atoms with Crippen molar-refractivity contribution in [3.63, 3.8) is 0 Å². The van der Waals surface area contributed by atoms with E-state index < -0.39 is 11.7 Å². The first kappa shape index (κ1) is 14.2. The number of fused-ring (bicyclic) bond motifs is 4. The van der Waals surface area contributed by atoms with Crippen LogP contribution in [-0.4, -0.2) is 10.6 Å². The van der Waals surface area contributed by atoms with Gasteiger partial charge in [-0.3, -0.25) is 0 Å². The molecule has 23 heavy (non-hydrogen) atoms. The maximum Gasteiger partial charge on any atom is 0.131 e. The molecule has 0 aromatic heterocycles. The third-order valence-electron chi connectivity index (χ3n) is 4.64. The number of rotatable bonds is 0. The second-order valence-corrected chi connectivity index (χ2v) is 6.94. The molecule has 0 amide bonds. The Kier molecular flexibility index (Phi) is 2.69. The molecule has 1 aliphatic heterocycles. The van der Waals surface area contributed by atoms with Crippen molar-refractivity contribution in [2.75, 3.05) is 0 Å². The summed E-state index contributed by atoms with van der Waals surface area (Å²) in [5.74, 6) is -1.28. The Bertz CT molecular complexity index is 871. The van der Waals surface area contributed by atoms with Gasteiger partial charge >= 0.3 is 0 Å². The molecule has 4 heteroatoms. The highest BCUT2D eigenvalue weighted by Crippen LogP contribution is 2.50. The third-order valence-corrected chi connectivity index (χ3v) is 4.64. The van der Waals surface area contributed by atoms with Gasteiger partial charge in [-0.2, -0.15) is 0 Å². The number of nitrogens with one attached hydrogen (secondary N) is 1. The smallest absolute Gasteiger partial charge is 0.131 e. The van der Waals surface area contributed by atoms with Crippen LogP contribution in [0, 0.1) is 11.7 Å². The number of aliphatic hydroxyl groups is 1. The molecule has 4 rings (SSSR count). The van der Waals surface area contributed by atoms with Crippen LogP contribution in [0.5, 0.6) is 0 Å². The molecule has 0 saturated heterocycles. The van der Waals surface area contributed by atoms with E-state index in [1.807, 2.05) is 26.8 Å². The lowest BCUT2D eigenvalue weighted by Gasteiger charge is -2.38. The molecule has 2 N–H and O–H groups in total. The first-order chi connectivity index (χ1) is 10.8. The molecular formula is C19H17F2NO. The molecule has 3 aliphatic rings. The van der Waals surface area contributed by atoms with Gasteiger partial charge in [0.15, 0.2) is 0 Å². The van der Waals surface area contributed by atoms with Gasteiger partial charge in [-0.1, -0.05) is 17.7 Å². The average molecular weight is 313 g/mol. The lowest BCUT2D eigenvalue weighted by Crippen LogP contribution is -2.44. The van der Waals surface area contributed by atoms with Crippen LogP contribution < -0.4 is 5.32 Å². The van der Waals surface area contributed by atoms with E-state index in [-0.39, 0.29) is 17.1 Å². The average Bonchev–Trinajstić information content (AvgIpc) is 2.70. The van der Waals surface area contributed by atoms with Crippen LogP contribution in [0.15, 0.2) is 53.0 Å². The summed E-state index contributed by atoms with van der Waals surface area (Å²) in [4.78, 5) is 0. The number of halogens is 2. The minimum atomic E-state index is -0.467. The van der Waals surface area contributed by atoms with E-state index in [1.54, 1.807) is 6.08 Å². The number of hydrogen-bond donors (Lipinski definition) is 2. The van der Waals surface area contributed by atoms with Crippen molar-refractivity contribution in [1.29, 1.82) is 0 Å². The van der Waals surface area contributed by atoms with Crippen LogP contribution in [0.25, 0.3) is 11.3 Å². The molecule has 0 radical (unpaired) electrons. The molecule has 1 aromatic rings. The predicted octanol–water partition coefficient (Wildman–Crippen LogP) is 4.63. The van der Waals surface area contributed by atoms with Gasteiger partial charge in [0.2, 0.25) is 0 Å². The number of benzene rings is 1. The SMILES string of the molecule is CC1=CC(C)(C)NC2=CC3=C(O)c4cc(F)ccc4C3=C(F)C12. The summed E-state index contributed by atoms with van der Waals surface area (Å²) in [6.07, 6.45) is 3.80. The summed E-state index contributed by atoms with van der Waals surface area (Å²) >= 11 is 0. The zero-order valence-corrected chi connectivity index (χ0v) is 13.2. The van der Waals surface area contributed by atoms with E-state index in [4.69, 9.17) is 0 Å². The molecule has 0 bridgehead atoms. The fourth-order valence-electron chi connectivity index (χ4n) is 3.87. The van der Waals surface area contributed by atoms with E-state index in [0.717, 1.165) is 11.3 Å². The predicted molar refractivity (Wildman–Crippen MR) is 86.5 cm³/mol. The Morgan fingerprint density at radius 3 is 2.65 bits per heavy atom. The van der Waals surface area contributed by atoms with Crippen molar-refractivity contribution in [2.45, 2.75) is 26.3 Å². The number of aliphatic hydroxyl groups excluding tert-OH is 1. The van der Waals surface area contributed by atoms with Crippen LogP contribution in [-0.2, 0) is 0 Å². The Morgan fingerprint density at radius 1 is 1.17 bits per heavy atom. The molecule has 2 nitrogen and oxygen atoms in total. The topological polar surface area (TPSA) is 32.3 Å². The van der Waals surface area contributed by atoms with Crippen molar-refractivity contribution in [1.82, 2.24) is 5.32 Å². The van der Waals surface area contributed by atoms with E-state index >= 15 is 4.39 Å². The molecule has 118 valence electrons. The molecule has 0 fully saturated rings.